The van der Waals surface area contributed by atoms with Gasteiger partial charge in [0.2, 0.25) is 0 Å². The molecule has 0 spiro atoms. The third kappa shape index (κ3) is 4.31. The molecule has 4 aromatic heterocycles. The van der Waals surface area contributed by atoms with Crippen LogP contribution in [0.25, 0.3) is 28.7 Å². The Bertz CT molecular complexity index is 1490. The predicted molar refractivity (Wildman–Crippen MR) is 119 cm³/mol. The van der Waals surface area contributed by atoms with Crippen LogP contribution in [0.15, 0.2) is 71.7 Å². The van der Waals surface area contributed by atoms with E-state index in [4.69, 9.17) is 9.26 Å². The van der Waals surface area contributed by atoms with Crippen molar-refractivity contribution in [1.29, 1.82) is 0 Å². The lowest BCUT2D eigenvalue weighted by atomic mass is 10.2. The summed E-state index contributed by atoms with van der Waals surface area (Å²) in [6.07, 6.45) is 3.90. The maximum absolute atomic E-state index is 14.7. The van der Waals surface area contributed by atoms with Crippen molar-refractivity contribution >= 4 is 5.97 Å². The number of halogens is 2. The van der Waals surface area contributed by atoms with Gasteiger partial charge in [-0.2, -0.15) is 5.10 Å². The van der Waals surface area contributed by atoms with Gasteiger partial charge in [-0.25, -0.2) is 23.5 Å². The molecule has 1 aromatic carbocycles. The first-order valence-electron chi connectivity index (χ1n) is 10.6. The Kier molecular flexibility index (Phi) is 5.88. The molecule has 0 fully saturated rings. The van der Waals surface area contributed by atoms with E-state index in [-0.39, 0.29) is 36.3 Å². The largest absolute Gasteiger partial charge is 0.461 e. The van der Waals surface area contributed by atoms with Crippen molar-refractivity contribution in [3.05, 3.63) is 90.1 Å². The van der Waals surface area contributed by atoms with E-state index >= 15 is 0 Å². The quantitative estimate of drug-likeness (QED) is 0.323. The van der Waals surface area contributed by atoms with Crippen molar-refractivity contribution in [2.75, 3.05) is 6.61 Å². The first-order chi connectivity index (χ1) is 17.0. The zero-order valence-corrected chi connectivity index (χ0v) is 18.4. The number of esters is 1. The van der Waals surface area contributed by atoms with Gasteiger partial charge in [0.1, 0.15) is 29.2 Å². The minimum absolute atomic E-state index is 0.0990. The van der Waals surface area contributed by atoms with Crippen LogP contribution in [0.5, 0.6) is 0 Å². The standard InChI is InChI=1S/C24H18F2N6O3/c1-2-34-24(33)20-8-5-10-31(20)23-17(26)13-27-22(28-23)19-12-21(18-9-11-35-30-18)32(29-19)14-15-6-3-4-7-16(15)25/h3-13H,2,14H2,1H3. The van der Waals surface area contributed by atoms with Crippen molar-refractivity contribution in [1.82, 2.24) is 29.5 Å². The summed E-state index contributed by atoms with van der Waals surface area (Å²) < 4.78 is 41.9. The van der Waals surface area contributed by atoms with E-state index in [0.29, 0.717) is 22.6 Å². The van der Waals surface area contributed by atoms with Crippen molar-refractivity contribution in [3.63, 3.8) is 0 Å². The first-order valence-corrected chi connectivity index (χ1v) is 10.6. The number of ether oxygens (including phenoxy) is 1. The Morgan fingerprint density at radius 3 is 2.71 bits per heavy atom. The van der Waals surface area contributed by atoms with Gasteiger partial charge in [-0.3, -0.25) is 9.25 Å². The fourth-order valence-corrected chi connectivity index (χ4v) is 3.57. The molecule has 0 saturated heterocycles. The third-order valence-corrected chi connectivity index (χ3v) is 5.17. The number of rotatable bonds is 7. The Labute approximate surface area is 197 Å². The Morgan fingerprint density at radius 1 is 1.09 bits per heavy atom. The second kappa shape index (κ2) is 9.29. The molecule has 176 valence electrons. The lowest BCUT2D eigenvalue weighted by Gasteiger charge is -2.09. The van der Waals surface area contributed by atoms with Crippen LogP contribution >= 0.6 is 0 Å². The van der Waals surface area contributed by atoms with Gasteiger partial charge in [0, 0.05) is 17.8 Å². The summed E-state index contributed by atoms with van der Waals surface area (Å²) in [5.41, 5.74) is 1.82. The molecule has 0 saturated carbocycles. The maximum Gasteiger partial charge on any atom is 0.355 e. The molecule has 0 aliphatic carbocycles. The minimum atomic E-state index is -0.738. The van der Waals surface area contributed by atoms with E-state index in [1.165, 1.54) is 33.8 Å². The lowest BCUT2D eigenvalue weighted by Crippen LogP contribution is -2.13. The van der Waals surface area contributed by atoms with Gasteiger partial charge in [0.25, 0.3) is 0 Å². The van der Waals surface area contributed by atoms with Gasteiger partial charge in [0.15, 0.2) is 17.5 Å². The van der Waals surface area contributed by atoms with Crippen molar-refractivity contribution < 1.29 is 22.8 Å². The smallest absolute Gasteiger partial charge is 0.355 e. The highest BCUT2D eigenvalue weighted by atomic mass is 19.1. The second-order valence-electron chi connectivity index (χ2n) is 7.40. The molecule has 0 aliphatic heterocycles. The molecule has 0 atom stereocenters. The van der Waals surface area contributed by atoms with Crippen molar-refractivity contribution in [2.24, 2.45) is 0 Å². The van der Waals surface area contributed by atoms with Crippen LogP contribution in [0.4, 0.5) is 8.78 Å². The molecule has 0 N–H and O–H groups in total. The van der Waals surface area contributed by atoms with Gasteiger partial charge < -0.3 is 9.26 Å². The molecule has 5 aromatic rings. The highest BCUT2D eigenvalue weighted by Crippen LogP contribution is 2.26. The topological polar surface area (TPSA) is 101 Å². The number of hydrogen-bond donors (Lipinski definition) is 0. The highest BCUT2D eigenvalue weighted by Gasteiger charge is 2.21. The molecular formula is C24H18F2N6O3. The minimum Gasteiger partial charge on any atom is -0.461 e. The van der Waals surface area contributed by atoms with E-state index in [2.05, 4.69) is 20.2 Å². The Balaban J connectivity index is 1.58. The summed E-state index contributed by atoms with van der Waals surface area (Å²) in [5.74, 6) is -1.77. The van der Waals surface area contributed by atoms with Gasteiger partial charge >= 0.3 is 5.97 Å². The molecule has 5 rings (SSSR count). The summed E-state index contributed by atoms with van der Waals surface area (Å²) in [7, 11) is 0. The maximum atomic E-state index is 14.7. The lowest BCUT2D eigenvalue weighted by molar-refractivity contribution is 0.0517. The molecule has 4 heterocycles. The fraction of sp³-hybridized carbons (Fsp3) is 0.125. The monoisotopic (exact) mass is 476 g/mol. The molecule has 0 radical (unpaired) electrons. The van der Waals surface area contributed by atoms with Gasteiger partial charge in [0.05, 0.1) is 25.0 Å². The SMILES string of the molecule is CCOC(=O)c1cccn1-c1nc(-c2cc(-c3ccon3)n(Cc3ccccc3F)n2)ncc1F. The molecule has 0 aliphatic rings. The van der Waals surface area contributed by atoms with Crippen LogP contribution in [-0.4, -0.2) is 42.0 Å². The van der Waals surface area contributed by atoms with Crippen LogP contribution in [-0.2, 0) is 11.3 Å². The van der Waals surface area contributed by atoms with Crippen LogP contribution in [0, 0.1) is 11.6 Å². The van der Waals surface area contributed by atoms with E-state index in [1.54, 1.807) is 43.3 Å². The zero-order chi connectivity index (χ0) is 24.4. The van der Waals surface area contributed by atoms with Crippen molar-refractivity contribution in [3.8, 4) is 28.7 Å². The molecule has 9 nitrogen and oxygen atoms in total. The van der Waals surface area contributed by atoms with Crippen molar-refractivity contribution in [2.45, 2.75) is 13.5 Å². The number of benzene rings is 1. The van der Waals surface area contributed by atoms with E-state index < -0.39 is 11.8 Å². The third-order valence-electron chi connectivity index (χ3n) is 5.17. The predicted octanol–water partition coefficient (Wildman–Crippen LogP) is 4.29. The van der Waals surface area contributed by atoms with Gasteiger partial charge in [-0.15, -0.1) is 0 Å². The van der Waals surface area contributed by atoms with Gasteiger partial charge in [-0.05, 0) is 31.2 Å². The van der Waals surface area contributed by atoms with E-state index in [1.807, 2.05) is 0 Å². The van der Waals surface area contributed by atoms with E-state index in [0.717, 1.165) is 6.20 Å². The molecule has 11 heteroatoms. The molecule has 0 unspecified atom stereocenters. The number of carbonyl (C=O) groups excluding carboxylic acids is 1. The number of aromatic nitrogens is 6. The summed E-state index contributed by atoms with van der Waals surface area (Å²) in [5, 5.41) is 8.48. The summed E-state index contributed by atoms with van der Waals surface area (Å²) in [4.78, 5) is 20.7. The zero-order valence-electron chi connectivity index (χ0n) is 18.4. The summed E-state index contributed by atoms with van der Waals surface area (Å²) in [6.45, 7) is 1.96. The Morgan fingerprint density at radius 2 is 1.94 bits per heavy atom. The highest BCUT2D eigenvalue weighted by molar-refractivity contribution is 5.88. The fourth-order valence-electron chi connectivity index (χ4n) is 3.57. The summed E-state index contributed by atoms with van der Waals surface area (Å²) in [6, 6.07) is 12.7. The number of carbonyl (C=O) groups is 1. The van der Waals surface area contributed by atoms with Crippen LogP contribution in [0.3, 0.4) is 0 Å². The number of hydrogen-bond acceptors (Lipinski definition) is 7. The summed E-state index contributed by atoms with van der Waals surface area (Å²) >= 11 is 0. The normalized spacial score (nSPS) is 11.1. The first kappa shape index (κ1) is 22.1. The van der Waals surface area contributed by atoms with Crippen LogP contribution < -0.4 is 0 Å². The Hall–Kier alpha value is -4.67. The molecule has 35 heavy (non-hydrogen) atoms. The second-order valence-corrected chi connectivity index (χ2v) is 7.40. The molecular weight excluding hydrogens is 458 g/mol. The van der Waals surface area contributed by atoms with Crippen LogP contribution in [0.1, 0.15) is 23.0 Å². The van der Waals surface area contributed by atoms with Crippen LogP contribution in [0.2, 0.25) is 0 Å². The number of nitrogens with zero attached hydrogens (tertiary/aromatic N) is 6. The molecule has 0 bridgehead atoms. The van der Waals surface area contributed by atoms with Gasteiger partial charge in [-0.1, -0.05) is 23.4 Å². The van der Waals surface area contributed by atoms with E-state index in [9.17, 15) is 13.6 Å². The average molecular weight is 476 g/mol. The average Bonchev–Trinajstić information content (AvgIpc) is 3.62. The molecule has 0 amide bonds.